The first-order valence-corrected chi connectivity index (χ1v) is 9.76. The Morgan fingerprint density at radius 1 is 1.10 bits per heavy atom. The van der Waals surface area contributed by atoms with Crippen LogP contribution in [0.1, 0.15) is 20.8 Å². The Labute approximate surface area is 175 Å². The predicted octanol–water partition coefficient (Wildman–Crippen LogP) is 3.67. The summed E-state index contributed by atoms with van der Waals surface area (Å²) in [5, 5.41) is 18.9. The maximum absolute atomic E-state index is 11.2. The van der Waals surface area contributed by atoms with Crippen molar-refractivity contribution in [1.82, 2.24) is 15.0 Å². The number of nitrogens with zero attached hydrogens (tertiary/aromatic N) is 3. The van der Waals surface area contributed by atoms with Gasteiger partial charge in [-0.2, -0.15) is 4.98 Å². The van der Waals surface area contributed by atoms with Crippen LogP contribution in [0.15, 0.2) is 54.9 Å². The van der Waals surface area contributed by atoms with Crippen LogP contribution in [0.25, 0.3) is 11.3 Å². The quantitative estimate of drug-likeness (QED) is 0.451. The number of carbonyl (C=O) groups is 1. The van der Waals surface area contributed by atoms with E-state index in [9.17, 15) is 9.90 Å². The lowest BCUT2D eigenvalue weighted by molar-refractivity contribution is -0.114. The Kier molecular flexibility index (Phi) is 6.92. The zero-order valence-electron chi connectivity index (χ0n) is 17.3. The second-order valence-corrected chi connectivity index (χ2v) is 7.26. The number of aromatic nitrogens is 3. The molecule has 0 fully saturated rings. The van der Waals surface area contributed by atoms with E-state index in [0.29, 0.717) is 17.5 Å². The average molecular weight is 406 g/mol. The van der Waals surface area contributed by atoms with Crippen LogP contribution in [0.5, 0.6) is 0 Å². The summed E-state index contributed by atoms with van der Waals surface area (Å²) >= 11 is 0. The van der Waals surface area contributed by atoms with Gasteiger partial charge in [0.05, 0.1) is 18.3 Å². The van der Waals surface area contributed by atoms with Crippen molar-refractivity contribution in [1.29, 1.82) is 0 Å². The van der Waals surface area contributed by atoms with Crippen LogP contribution in [0, 0.1) is 5.92 Å². The van der Waals surface area contributed by atoms with Gasteiger partial charge in [0, 0.05) is 42.3 Å². The van der Waals surface area contributed by atoms with Gasteiger partial charge in [-0.15, -0.1) is 0 Å². The number of aliphatic hydroxyl groups is 1. The fourth-order valence-corrected chi connectivity index (χ4v) is 2.81. The Hall–Kier alpha value is -3.52. The van der Waals surface area contributed by atoms with Gasteiger partial charge < -0.3 is 21.1 Å². The number of amides is 1. The van der Waals surface area contributed by atoms with Crippen molar-refractivity contribution < 1.29 is 9.90 Å². The highest BCUT2D eigenvalue weighted by Crippen LogP contribution is 2.24. The fraction of sp³-hybridized carbons (Fsp3) is 0.273. The molecule has 0 saturated heterocycles. The molecule has 30 heavy (non-hydrogen) atoms. The summed E-state index contributed by atoms with van der Waals surface area (Å²) < 4.78 is 0. The highest BCUT2D eigenvalue weighted by atomic mass is 16.3. The van der Waals surface area contributed by atoms with E-state index >= 15 is 0 Å². The lowest BCUT2D eigenvalue weighted by Crippen LogP contribution is -2.30. The van der Waals surface area contributed by atoms with Crippen LogP contribution in [0.3, 0.4) is 0 Å². The molecule has 0 aliphatic rings. The van der Waals surface area contributed by atoms with Crippen molar-refractivity contribution in [3.05, 3.63) is 54.9 Å². The maximum Gasteiger partial charge on any atom is 0.225 e. The second kappa shape index (κ2) is 9.80. The molecule has 2 aromatic heterocycles. The third-order valence-electron chi connectivity index (χ3n) is 4.48. The van der Waals surface area contributed by atoms with Gasteiger partial charge in [-0.3, -0.25) is 9.78 Å². The molecule has 0 aliphatic heterocycles. The van der Waals surface area contributed by atoms with Crippen LogP contribution in [0.4, 0.5) is 23.1 Å². The molecule has 0 aliphatic carbocycles. The van der Waals surface area contributed by atoms with Gasteiger partial charge in [0.2, 0.25) is 11.9 Å². The van der Waals surface area contributed by atoms with Gasteiger partial charge in [-0.05, 0) is 42.3 Å². The Balaban J connectivity index is 1.90. The van der Waals surface area contributed by atoms with Crippen molar-refractivity contribution in [2.24, 2.45) is 5.92 Å². The number of nitrogens with one attached hydrogen (secondary N) is 3. The lowest BCUT2D eigenvalue weighted by atomic mass is 10.1. The standard InChI is InChI=1S/C22H26N6O2/c1-14(2)20(13-29)27-22-26-19(16-5-4-10-23-12-16)11-21(28-22)25-18-8-6-17(7-9-18)24-15(3)30/h4-12,14,20,29H,13H2,1-3H3,(H,24,30)(H2,25,26,27,28)/t20-/m1/s1. The third kappa shape index (κ3) is 5.74. The van der Waals surface area contributed by atoms with E-state index in [1.807, 2.05) is 56.3 Å². The molecule has 1 aromatic carbocycles. The molecular formula is C22H26N6O2. The first-order valence-electron chi connectivity index (χ1n) is 9.76. The SMILES string of the molecule is CC(=O)Nc1ccc(Nc2cc(-c3cccnc3)nc(N[C@H](CO)C(C)C)n2)cc1. The largest absolute Gasteiger partial charge is 0.394 e. The zero-order valence-corrected chi connectivity index (χ0v) is 17.3. The van der Waals surface area contributed by atoms with Crippen molar-refractivity contribution >= 4 is 29.0 Å². The van der Waals surface area contributed by atoms with Crippen molar-refractivity contribution in [3.8, 4) is 11.3 Å². The van der Waals surface area contributed by atoms with E-state index in [4.69, 9.17) is 0 Å². The number of anilines is 4. The Morgan fingerprint density at radius 2 is 1.83 bits per heavy atom. The average Bonchev–Trinajstić information content (AvgIpc) is 2.73. The molecular weight excluding hydrogens is 380 g/mol. The normalized spacial score (nSPS) is 11.8. The van der Waals surface area contributed by atoms with E-state index in [-0.39, 0.29) is 24.5 Å². The molecule has 2 heterocycles. The van der Waals surface area contributed by atoms with E-state index in [1.54, 1.807) is 12.4 Å². The summed E-state index contributed by atoms with van der Waals surface area (Å²) in [6.45, 7) is 5.49. The number of hydrogen-bond donors (Lipinski definition) is 4. The van der Waals surface area contributed by atoms with Crippen LogP contribution in [-0.4, -0.2) is 38.6 Å². The molecule has 8 heteroatoms. The fourth-order valence-electron chi connectivity index (χ4n) is 2.81. The number of rotatable bonds is 8. The minimum absolute atomic E-state index is 0.0223. The number of hydrogen-bond acceptors (Lipinski definition) is 7. The molecule has 4 N–H and O–H groups in total. The molecule has 8 nitrogen and oxygen atoms in total. The Bertz CT molecular complexity index is 977. The summed E-state index contributed by atoms with van der Waals surface area (Å²) in [6.07, 6.45) is 3.45. The van der Waals surface area contributed by atoms with Crippen LogP contribution in [0.2, 0.25) is 0 Å². The number of pyridine rings is 1. The Morgan fingerprint density at radius 3 is 2.43 bits per heavy atom. The molecule has 3 rings (SSSR count). The van der Waals surface area contributed by atoms with E-state index in [0.717, 1.165) is 16.9 Å². The number of aliphatic hydroxyl groups excluding tert-OH is 1. The molecule has 0 radical (unpaired) electrons. The van der Waals surface area contributed by atoms with Gasteiger partial charge in [0.25, 0.3) is 0 Å². The van der Waals surface area contributed by atoms with Gasteiger partial charge in [0.1, 0.15) is 5.82 Å². The maximum atomic E-state index is 11.2. The van der Waals surface area contributed by atoms with E-state index < -0.39 is 0 Å². The highest BCUT2D eigenvalue weighted by Gasteiger charge is 2.15. The minimum Gasteiger partial charge on any atom is -0.394 e. The van der Waals surface area contributed by atoms with Gasteiger partial charge in [-0.1, -0.05) is 13.8 Å². The zero-order chi connectivity index (χ0) is 21.5. The molecule has 0 spiro atoms. The molecule has 0 bridgehead atoms. The number of carbonyl (C=O) groups excluding carboxylic acids is 1. The predicted molar refractivity (Wildman–Crippen MR) is 119 cm³/mol. The summed E-state index contributed by atoms with van der Waals surface area (Å²) in [5.74, 6) is 1.10. The smallest absolute Gasteiger partial charge is 0.225 e. The summed E-state index contributed by atoms with van der Waals surface area (Å²) in [5.41, 5.74) is 3.10. The minimum atomic E-state index is -0.168. The summed E-state index contributed by atoms with van der Waals surface area (Å²) in [7, 11) is 0. The van der Waals surface area contributed by atoms with Gasteiger partial charge in [0.15, 0.2) is 0 Å². The highest BCUT2D eigenvalue weighted by molar-refractivity contribution is 5.88. The van der Waals surface area contributed by atoms with Crippen LogP contribution >= 0.6 is 0 Å². The first-order chi connectivity index (χ1) is 14.4. The summed E-state index contributed by atoms with van der Waals surface area (Å²) in [6, 6.07) is 12.8. The molecule has 156 valence electrons. The monoisotopic (exact) mass is 406 g/mol. The van der Waals surface area contributed by atoms with Crippen LogP contribution < -0.4 is 16.0 Å². The molecule has 1 amide bonds. The van der Waals surface area contributed by atoms with Crippen molar-refractivity contribution in [2.45, 2.75) is 26.8 Å². The van der Waals surface area contributed by atoms with Crippen molar-refractivity contribution in [3.63, 3.8) is 0 Å². The summed E-state index contributed by atoms with van der Waals surface area (Å²) in [4.78, 5) is 24.5. The molecule has 3 aromatic rings. The third-order valence-corrected chi connectivity index (χ3v) is 4.48. The van der Waals surface area contributed by atoms with Gasteiger partial charge in [-0.25, -0.2) is 4.98 Å². The van der Waals surface area contributed by atoms with Gasteiger partial charge >= 0.3 is 0 Å². The molecule has 0 saturated carbocycles. The van der Waals surface area contributed by atoms with E-state index in [2.05, 4.69) is 30.9 Å². The topological polar surface area (TPSA) is 112 Å². The lowest BCUT2D eigenvalue weighted by Gasteiger charge is -2.20. The van der Waals surface area contributed by atoms with Crippen molar-refractivity contribution in [2.75, 3.05) is 22.6 Å². The van der Waals surface area contributed by atoms with Crippen LogP contribution in [-0.2, 0) is 4.79 Å². The molecule has 0 unspecified atom stereocenters. The molecule has 1 atom stereocenters. The number of benzene rings is 1. The first kappa shape index (κ1) is 21.2. The van der Waals surface area contributed by atoms with E-state index in [1.165, 1.54) is 6.92 Å². The second-order valence-electron chi connectivity index (χ2n) is 7.26.